The summed E-state index contributed by atoms with van der Waals surface area (Å²) >= 11 is -2.58. The molecule has 2 aliphatic rings. The van der Waals surface area contributed by atoms with Crippen molar-refractivity contribution in [3.05, 3.63) is 42.0 Å². The number of carbonyl (C=O) groups is 5. The number of anilines is 1. The Morgan fingerprint density at radius 2 is 1.81 bits per heavy atom. The van der Waals surface area contributed by atoms with Crippen molar-refractivity contribution in [2.45, 2.75) is 11.7 Å². The molecule has 2 heterocycles. The molecule has 11 heteroatoms. The van der Waals surface area contributed by atoms with Gasteiger partial charge in [-0.05, 0) is 18.2 Å². The summed E-state index contributed by atoms with van der Waals surface area (Å²) in [5.41, 5.74) is -0.0305. The molecule has 2 aliphatic heterocycles. The molecule has 2 atom stereocenters. The van der Waals surface area contributed by atoms with E-state index >= 15 is 0 Å². The van der Waals surface area contributed by atoms with Crippen molar-refractivity contribution in [1.82, 2.24) is 5.06 Å². The first-order valence-electron chi connectivity index (χ1n) is 7.14. The molecule has 1 N–H and O–H groups in total. The van der Waals surface area contributed by atoms with E-state index in [1.165, 1.54) is 24.3 Å². The summed E-state index contributed by atoms with van der Waals surface area (Å²) in [6, 6.07) is 5.26. The summed E-state index contributed by atoms with van der Waals surface area (Å²) in [4.78, 5) is 64.7. The summed E-state index contributed by atoms with van der Waals surface area (Å²) in [5, 5.41) is -1.35. The summed E-state index contributed by atoms with van der Waals surface area (Å²) in [6.07, 6.45) is 1.59. The third kappa shape index (κ3) is 3.05. The Morgan fingerprint density at radius 3 is 2.38 bits per heavy atom. The maximum atomic E-state index is 12.2. The van der Waals surface area contributed by atoms with Gasteiger partial charge in [-0.3, -0.25) is 19.2 Å². The first kappa shape index (κ1) is 17.6. The van der Waals surface area contributed by atoms with E-state index in [0.717, 1.165) is 17.1 Å². The minimum Gasteiger partial charge on any atom is -0.325 e. The van der Waals surface area contributed by atoms with E-state index in [1.807, 2.05) is 0 Å². The van der Waals surface area contributed by atoms with Crippen molar-refractivity contribution >= 4 is 46.4 Å². The van der Waals surface area contributed by atoms with Crippen LogP contribution in [0.4, 0.5) is 5.69 Å². The zero-order valence-electron chi connectivity index (χ0n) is 12.9. The Kier molecular flexibility index (Phi) is 4.49. The fourth-order valence-electron chi connectivity index (χ4n) is 2.40. The minimum atomic E-state index is -2.58. The fourth-order valence-corrected chi connectivity index (χ4v) is 2.95. The van der Waals surface area contributed by atoms with Crippen molar-refractivity contribution < 1.29 is 37.6 Å². The van der Waals surface area contributed by atoms with Gasteiger partial charge in [0.05, 0.1) is 17.7 Å². The molecule has 0 aromatic heterocycles. The Bertz CT molecular complexity index is 891. The maximum Gasteiger partial charge on any atom is 0.363 e. The van der Waals surface area contributed by atoms with E-state index in [-0.39, 0.29) is 16.3 Å². The van der Waals surface area contributed by atoms with Crippen LogP contribution in [0.15, 0.2) is 36.4 Å². The smallest absolute Gasteiger partial charge is 0.325 e. The van der Waals surface area contributed by atoms with Crippen LogP contribution in [0.5, 0.6) is 0 Å². The molecule has 0 aliphatic carbocycles. The van der Waals surface area contributed by atoms with Gasteiger partial charge in [0, 0.05) is 12.2 Å². The Labute approximate surface area is 148 Å². The standard InChI is InChI=1S/C15H10N2O8S/c18-11-4-5-12(19)16(11)9-3-1-2-8(6-9)15(22)25-17-13(20)7-10(14(17)21)26(23)24/h1-6,10H,7H2,(H,23,24). The van der Waals surface area contributed by atoms with Gasteiger partial charge in [-0.2, -0.15) is 0 Å². The summed E-state index contributed by atoms with van der Waals surface area (Å²) in [5.74, 6) is -4.31. The van der Waals surface area contributed by atoms with Crippen molar-refractivity contribution in [3.8, 4) is 0 Å². The fraction of sp³-hybridized carbons (Fsp3) is 0.133. The second kappa shape index (κ2) is 6.61. The molecule has 134 valence electrons. The molecule has 10 nitrogen and oxygen atoms in total. The van der Waals surface area contributed by atoms with Crippen LogP contribution in [0.25, 0.3) is 0 Å². The molecule has 1 aromatic rings. The topological polar surface area (TPSA) is 138 Å². The van der Waals surface area contributed by atoms with Crippen LogP contribution in [0.1, 0.15) is 16.8 Å². The average molecular weight is 378 g/mol. The number of benzene rings is 1. The van der Waals surface area contributed by atoms with Gasteiger partial charge in [-0.1, -0.05) is 6.07 Å². The van der Waals surface area contributed by atoms with Crippen LogP contribution in [0.3, 0.4) is 0 Å². The number of hydrogen-bond donors (Lipinski definition) is 1. The normalized spacial score (nSPS) is 20.9. The van der Waals surface area contributed by atoms with Crippen LogP contribution < -0.4 is 4.90 Å². The monoisotopic (exact) mass is 378 g/mol. The van der Waals surface area contributed by atoms with Gasteiger partial charge >= 0.3 is 5.97 Å². The molecule has 4 amide bonds. The van der Waals surface area contributed by atoms with E-state index in [0.29, 0.717) is 0 Å². The van der Waals surface area contributed by atoms with E-state index in [9.17, 15) is 28.2 Å². The van der Waals surface area contributed by atoms with Gasteiger partial charge in [0.1, 0.15) is 0 Å². The molecule has 0 saturated carbocycles. The number of hydroxylamine groups is 2. The first-order chi connectivity index (χ1) is 12.3. The lowest BCUT2D eigenvalue weighted by Gasteiger charge is -2.16. The second-order valence-corrected chi connectivity index (χ2v) is 6.39. The van der Waals surface area contributed by atoms with Crippen LogP contribution in [0, 0.1) is 0 Å². The highest BCUT2D eigenvalue weighted by atomic mass is 32.2. The lowest BCUT2D eigenvalue weighted by Crippen LogP contribution is -2.35. The number of amides is 4. The lowest BCUT2D eigenvalue weighted by atomic mass is 10.2. The van der Waals surface area contributed by atoms with E-state index < -0.39 is 52.3 Å². The molecule has 3 rings (SSSR count). The van der Waals surface area contributed by atoms with Crippen LogP contribution in [-0.4, -0.2) is 48.7 Å². The van der Waals surface area contributed by atoms with Crippen molar-refractivity contribution in [2.75, 3.05) is 4.90 Å². The molecule has 0 spiro atoms. The molecule has 26 heavy (non-hydrogen) atoms. The number of imide groups is 2. The predicted octanol–water partition coefficient (Wildman–Crippen LogP) is -0.463. The molecule has 0 radical (unpaired) electrons. The van der Waals surface area contributed by atoms with Gasteiger partial charge in [0.15, 0.2) is 16.3 Å². The Hall–Kier alpha value is -3.18. The average Bonchev–Trinajstić information content (AvgIpc) is 3.08. The maximum absolute atomic E-state index is 12.2. The Morgan fingerprint density at radius 1 is 1.15 bits per heavy atom. The zero-order chi connectivity index (χ0) is 19.0. The first-order valence-corrected chi connectivity index (χ1v) is 8.31. The quantitative estimate of drug-likeness (QED) is 0.548. The number of nitrogens with zero attached hydrogens (tertiary/aromatic N) is 2. The lowest BCUT2D eigenvalue weighted by molar-refractivity contribution is -0.172. The molecule has 2 unspecified atom stereocenters. The van der Waals surface area contributed by atoms with Gasteiger partial charge < -0.3 is 9.39 Å². The van der Waals surface area contributed by atoms with Gasteiger partial charge in [-0.15, -0.1) is 5.06 Å². The van der Waals surface area contributed by atoms with Crippen molar-refractivity contribution in [3.63, 3.8) is 0 Å². The highest BCUT2D eigenvalue weighted by molar-refractivity contribution is 7.80. The van der Waals surface area contributed by atoms with Crippen molar-refractivity contribution in [2.24, 2.45) is 0 Å². The van der Waals surface area contributed by atoms with E-state index in [2.05, 4.69) is 0 Å². The zero-order valence-corrected chi connectivity index (χ0v) is 13.7. The summed E-state index contributed by atoms with van der Waals surface area (Å²) in [6.45, 7) is 0. The summed E-state index contributed by atoms with van der Waals surface area (Å²) < 4.78 is 20.0. The number of carbonyl (C=O) groups excluding carboxylic acids is 5. The van der Waals surface area contributed by atoms with Crippen LogP contribution in [-0.2, 0) is 35.1 Å². The predicted molar refractivity (Wildman–Crippen MR) is 84.5 cm³/mol. The van der Waals surface area contributed by atoms with Gasteiger partial charge in [-0.25, -0.2) is 13.9 Å². The molecular weight excluding hydrogens is 368 g/mol. The van der Waals surface area contributed by atoms with E-state index in [1.54, 1.807) is 0 Å². The molecule has 0 bridgehead atoms. The SMILES string of the molecule is O=C(ON1C(=O)CC(S(=O)O)C1=O)c1cccc(N2C(=O)C=CC2=O)c1. The third-order valence-corrected chi connectivity index (χ3v) is 4.48. The van der Waals surface area contributed by atoms with E-state index in [4.69, 9.17) is 9.39 Å². The molecule has 1 fully saturated rings. The molecular formula is C15H10N2O8S. The number of hydrogen-bond acceptors (Lipinski definition) is 7. The third-order valence-electron chi connectivity index (χ3n) is 3.63. The molecule has 1 aromatic carbocycles. The van der Waals surface area contributed by atoms with Gasteiger partial charge in [0.2, 0.25) is 0 Å². The minimum absolute atomic E-state index is 0.105. The van der Waals surface area contributed by atoms with Crippen LogP contribution >= 0.6 is 0 Å². The highest BCUT2D eigenvalue weighted by Crippen LogP contribution is 2.22. The summed E-state index contributed by atoms with van der Waals surface area (Å²) in [7, 11) is 0. The second-order valence-electron chi connectivity index (χ2n) is 5.27. The van der Waals surface area contributed by atoms with Crippen LogP contribution in [0.2, 0.25) is 0 Å². The Balaban J connectivity index is 1.79. The number of rotatable bonds is 4. The van der Waals surface area contributed by atoms with Crippen molar-refractivity contribution in [1.29, 1.82) is 0 Å². The van der Waals surface area contributed by atoms with Gasteiger partial charge in [0.25, 0.3) is 23.6 Å². The highest BCUT2D eigenvalue weighted by Gasteiger charge is 2.45. The largest absolute Gasteiger partial charge is 0.363 e. The molecule has 1 saturated heterocycles.